The summed E-state index contributed by atoms with van der Waals surface area (Å²) in [6, 6.07) is 1.71. The zero-order valence-corrected chi connectivity index (χ0v) is 19.1. The van der Waals surface area contributed by atoms with Gasteiger partial charge in [-0.3, -0.25) is 14.5 Å². The molecular formula is C22H21F6N7O. The number of hydrogen-bond donors (Lipinski definition) is 1. The van der Waals surface area contributed by atoms with Gasteiger partial charge >= 0.3 is 6.18 Å². The summed E-state index contributed by atoms with van der Waals surface area (Å²) in [5.74, 6) is -5.63. The lowest BCUT2D eigenvalue weighted by Gasteiger charge is -2.43. The van der Waals surface area contributed by atoms with E-state index in [2.05, 4.69) is 25.4 Å². The van der Waals surface area contributed by atoms with Crippen LogP contribution >= 0.6 is 0 Å². The van der Waals surface area contributed by atoms with Crippen molar-refractivity contribution in [3.05, 3.63) is 54.0 Å². The van der Waals surface area contributed by atoms with Crippen molar-refractivity contribution in [1.82, 2.24) is 29.6 Å². The van der Waals surface area contributed by atoms with E-state index in [0.29, 0.717) is 12.4 Å². The minimum atomic E-state index is -4.61. The summed E-state index contributed by atoms with van der Waals surface area (Å²) in [5, 5.41) is 6.81. The molecule has 3 aromatic heterocycles. The molecular weight excluding hydrogens is 492 g/mol. The molecule has 2 atom stereocenters. The largest absolute Gasteiger partial charge is 0.419 e. The van der Waals surface area contributed by atoms with Crippen LogP contribution in [0.25, 0.3) is 11.3 Å². The number of piperidine rings is 1. The van der Waals surface area contributed by atoms with Crippen LogP contribution in [0.2, 0.25) is 0 Å². The van der Waals surface area contributed by atoms with Crippen LogP contribution in [0.4, 0.5) is 32.3 Å². The third-order valence-corrected chi connectivity index (χ3v) is 5.83. The lowest BCUT2D eigenvalue weighted by molar-refractivity contribution is -0.138. The maximum Gasteiger partial charge on any atom is 0.419 e. The van der Waals surface area contributed by atoms with Crippen LogP contribution in [-0.4, -0.2) is 60.6 Å². The Morgan fingerprint density at radius 3 is 2.56 bits per heavy atom. The molecule has 2 unspecified atom stereocenters. The van der Waals surface area contributed by atoms with Crippen molar-refractivity contribution in [3.8, 4) is 11.3 Å². The summed E-state index contributed by atoms with van der Waals surface area (Å²) in [7, 11) is 1.50. The first-order valence-electron chi connectivity index (χ1n) is 10.8. The Morgan fingerprint density at radius 2 is 1.92 bits per heavy atom. The first-order chi connectivity index (χ1) is 16.9. The molecule has 0 aromatic carbocycles. The lowest BCUT2D eigenvalue weighted by Crippen LogP contribution is -2.57. The van der Waals surface area contributed by atoms with Gasteiger partial charge in [-0.25, -0.2) is 23.1 Å². The molecule has 1 saturated heterocycles. The SMILES string of the molecule is CC1CC(F)(F)CN(C(=O)c2nn(C)cc2-c2ncccc2F)C1CNc1ncc(C(F)(F)F)cn1. The number of aryl methyl sites for hydroxylation is 1. The van der Waals surface area contributed by atoms with E-state index in [1.54, 1.807) is 0 Å². The number of halogens is 6. The Morgan fingerprint density at radius 1 is 1.22 bits per heavy atom. The average Bonchev–Trinajstić information content (AvgIpc) is 3.18. The number of nitrogens with zero attached hydrogens (tertiary/aromatic N) is 6. The van der Waals surface area contributed by atoms with Gasteiger partial charge in [-0.2, -0.15) is 18.3 Å². The van der Waals surface area contributed by atoms with E-state index in [0.717, 1.165) is 11.0 Å². The second-order valence-electron chi connectivity index (χ2n) is 8.61. The summed E-state index contributed by atoms with van der Waals surface area (Å²) < 4.78 is 83.0. The van der Waals surface area contributed by atoms with Crippen LogP contribution in [-0.2, 0) is 13.2 Å². The third kappa shape index (κ3) is 5.26. The molecule has 14 heteroatoms. The summed E-state index contributed by atoms with van der Waals surface area (Å²) >= 11 is 0. The second-order valence-corrected chi connectivity index (χ2v) is 8.61. The number of carbonyl (C=O) groups is 1. The highest BCUT2D eigenvalue weighted by atomic mass is 19.4. The minimum Gasteiger partial charge on any atom is -0.352 e. The van der Waals surface area contributed by atoms with E-state index in [-0.39, 0.29) is 29.4 Å². The van der Waals surface area contributed by atoms with Crippen molar-refractivity contribution >= 4 is 11.9 Å². The lowest BCUT2D eigenvalue weighted by atomic mass is 9.88. The van der Waals surface area contributed by atoms with Gasteiger partial charge in [-0.05, 0) is 18.1 Å². The van der Waals surface area contributed by atoms with Gasteiger partial charge in [0.2, 0.25) is 5.95 Å². The highest BCUT2D eigenvalue weighted by Crippen LogP contribution is 2.36. The van der Waals surface area contributed by atoms with E-state index in [1.165, 1.54) is 37.1 Å². The molecule has 4 rings (SSSR count). The van der Waals surface area contributed by atoms with Crippen LogP contribution in [0.3, 0.4) is 0 Å². The van der Waals surface area contributed by atoms with Crippen LogP contribution in [0.1, 0.15) is 29.4 Å². The molecule has 0 saturated carbocycles. The average molecular weight is 513 g/mol. The van der Waals surface area contributed by atoms with Crippen LogP contribution in [0.15, 0.2) is 36.9 Å². The number of aromatic nitrogens is 5. The molecule has 1 aliphatic heterocycles. The Hall–Kier alpha value is -3.71. The van der Waals surface area contributed by atoms with Crippen molar-refractivity contribution in [2.24, 2.45) is 13.0 Å². The smallest absolute Gasteiger partial charge is 0.352 e. The monoisotopic (exact) mass is 513 g/mol. The number of rotatable bonds is 5. The third-order valence-electron chi connectivity index (χ3n) is 5.83. The first kappa shape index (κ1) is 25.4. The van der Waals surface area contributed by atoms with E-state index in [1.807, 2.05) is 0 Å². The van der Waals surface area contributed by atoms with Crippen molar-refractivity contribution in [2.45, 2.75) is 31.5 Å². The molecule has 1 amide bonds. The van der Waals surface area contributed by atoms with E-state index >= 15 is 0 Å². The van der Waals surface area contributed by atoms with Crippen molar-refractivity contribution in [2.75, 3.05) is 18.4 Å². The van der Waals surface area contributed by atoms with Crippen LogP contribution in [0, 0.1) is 11.7 Å². The van der Waals surface area contributed by atoms with E-state index < -0.39 is 54.3 Å². The summed E-state index contributed by atoms with van der Waals surface area (Å²) in [5.41, 5.74) is -1.41. The second kappa shape index (κ2) is 9.39. The molecule has 0 bridgehead atoms. The Labute approximate surface area is 201 Å². The molecule has 36 heavy (non-hydrogen) atoms. The minimum absolute atomic E-state index is 0.0416. The number of carbonyl (C=O) groups excluding carboxylic acids is 1. The molecule has 0 spiro atoms. The van der Waals surface area contributed by atoms with E-state index in [4.69, 9.17) is 0 Å². The zero-order chi connectivity index (χ0) is 26.3. The van der Waals surface area contributed by atoms with Gasteiger partial charge in [0, 0.05) is 44.8 Å². The fraction of sp³-hybridized carbons (Fsp3) is 0.409. The van der Waals surface area contributed by atoms with Gasteiger partial charge in [0.1, 0.15) is 11.5 Å². The zero-order valence-electron chi connectivity index (χ0n) is 19.1. The Kier molecular flexibility index (Phi) is 6.62. The number of amides is 1. The molecule has 0 radical (unpaired) electrons. The predicted molar refractivity (Wildman–Crippen MR) is 115 cm³/mol. The van der Waals surface area contributed by atoms with Crippen molar-refractivity contribution < 1.29 is 31.1 Å². The summed E-state index contributed by atoms with van der Waals surface area (Å²) in [4.78, 5) is 25.6. The van der Waals surface area contributed by atoms with Crippen molar-refractivity contribution in [3.63, 3.8) is 0 Å². The standard InChI is InChI=1S/C22H21F6N7O/c1-12-6-21(24,25)11-35(16(12)9-32-20-30-7-13(8-31-20)22(26,27)28)19(36)18-14(10-34(2)33-18)17-15(23)4-3-5-29-17/h3-5,7-8,10,12,16H,6,9,11H2,1-2H3,(H,30,31,32). The molecule has 1 aliphatic rings. The van der Waals surface area contributed by atoms with Gasteiger partial charge in [-0.1, -0.05) is 6.92 Å². The topological polar surface area (TPSA) is 88.8 Å². The maximum absolute atomic E-state index is 14.5. The highest BCUT2D eigenvalue weighted by Gasteiger charge is 2.47. The van der Waals surface area contributed by atoms with Crippen LogP contribution in [0.5, 0.6) is 0 Å². The van der Waals surface area contributed by atoms with Gasteiger partial charge in [0.25, 0.3) is 11.8 Å². The Balaban J connectivity index is 1.62. The maximum atomic E-state index is 14.5. The number of nitrogens with one attached hydrogen (secondary N) is 1. The molecule has 1 N–H and O–H groups in total. The van der Waals surface area contributed by atoms with Gasteiger partial charge in [0.15, 0.2) is 5.69 Å². The first-order valence-corrected chi connectivity index (χ1v) is 10.8. The molecule has 1 fully saturated rings. The van der Waals surface area contributed by atoms with Gasteiger partial charge in [-0.15, -0.1) is 0 Å². The Bertz CT molecular complexity index is 1240. The fourth-order valence-electron chi connectivity index (χ4n) is 4.18. The number of likely N-dealkylation sites (tertiary alicyclic amines) is 1. The number of anilines is 1. The molecule has 8 nitrogen and oxygen atoms in total. The normalized spacial score (nSPS) is 19.8. The van der Waals surface area contributed by atoms with Crippen LogP contribution < -0.4 is 5.32 Å². The molecule has 4 heterocycles. The molecule has 3 aromatic rings. The van der Waals surface area contributed by atoms with Gasteiger partial charge in [0.05, 0.1) is 23.7 Å². The predicted octanol–water partition coefficient (Wildman–Crippen LogP) is 4.03. The number of pyridine rings is 1. The number of hydrogen-bond acceptors (Lipinski definition) is 6. The molecule has 192 valence electrons. The summed E-state index contributed by atoms with van der Waals surface area (Å²) in [6.07, 6.45) is -1.24. The summed E-state index contributed by atoms with van der Waals surface area (Å²) in [6.45, 7) is 0.497. The molecule has 0 aliphatic carbocycles. The fourth-order valence-corrected chi connectivity index (χ4v) is 4.18. The highest BCUT2D eigenvalue weighted by molar-refractivity contribution is 5.99. The quantitative estimate of drug-likeness (QED) is 0.519. The van der Waals surface area contributed by atoms with Crippen molar-refractivity contribution in [1.29, 1.82) is 0 Å². The van der Waals surface area contributed by atoms with E-state index in [9.17, 15) is 31.1 Å². The number of alkyl halides is 5. The van der Waals surface area contributed by atoms with Gasteiger partial charge < -0.3 is 10.2 Å².